The van der Waals surface area contributed by atoms with Crippen LogP contribution in [0.5, 0.6) is 0 Å². The van der Waals surface area contributed by atoms with Gasteiger partial charge in [-0.15, -0.1) is 0 Å². The van der Waals surface area contributed by atoms with Gasteiger partial charge in [-0.1, -0.05) is 18.2 Å². The largest absolute Gasteiger partial charge is 0.350 e. The Labute approximate surface area is 115 Å². The molecule has 0 fully saturated rings. The summed E-state index contributed by atoms with van der Waals surface area (Å²) in [7, 11) is 0. The molecule has 0 aliphatic heterocycles. The number of carbonyl (C=O) groups is 2. The normalized spacial score (nSPS) is 9.80. The van der Waals surface area contributed by atoms with Crippen LogP contribution < -0.4 is 16.0 Å². The molecule has 0 unspecified atom stereocenters. The number of rotatable bonds is 5. The molecule has 0 aliphatic carbocycles. The average Bonchev–Trinajstić information content (AvgIpc) is 2.97. The lowest BCUT2D eigenvalue weighted by Gasteiger charge is -2.07. The highest BCUT2D eigenvalue weighted by atomic mass is 16.2. The first-order valence-electron chi connectivity index (χ1n) is 6.12. The summed E-state index contributed by atoms with van der Waals surface area (Å²) in [4.78, 5) is 23.1. The Bertz CT molecular complexity index is 553. The zero-order chi connectivity index (χ0) is 14.2. The maximum absolute atomic E-state index is 11.7. The molecule has 0 aliphatic rings. The van der Waals surface area contributed by atoms with E-state index in [4.69, 9.17) is 0 Å². The maximum Gasteiger partial charge on any atom is 0.319 e. The molecule has 1 aromatic heterocycles. The Morgan fingerprint density at radius 1 is 1.10 bits per heavy atom. The molecule has 1 heterocycles. The summed E-state index contributed by atoms with van der Waals surface area (Å²) in [5.41, 5.74) is 1.17. The highest BCUT2D eigenvalue weighted by Gasteiger charge is 2.04. The Kier molecular flexibility index (Phi) is 4.71. The second-order valence-electron chi connectivity index (χ2n) is 3.99. The Hall–Kier alpha value is -2.83. The van der Waals surface area contributed by atoms with Gasteiger partial charge < -0.3 is 16.0 Å². The van der Waals surface area contributed by atoms with Gasteiger partial charge in [0.15, 0.2) is 0 Å². The number of benzene rings is 1. The summed E-state index contributed by atoms with van der Waals surface area (Å²) < 4.78 is 0. The second-order valence-corrected chi connectivity index (χ2v) is 3.99. The number of aromatic nitrogens is 2. The monoisotopic (exact) mass is 273 g/mol. The quantitative estimate of drug-likeness (QED) is 0.611. The molecular formula is C13H15N5O2. The van der Waals surface area contributed by atoms with Gasteiger partial charge in [-0.25, -0.2) is 4.79 Å². The van der Waals surface area contributed by atoms with E-state index < -0.39 is 0 Å². The lowest BCUT2D eigenvalue weighted by molar-refractivity contribution is 0.0954. The highest BCUT2D eigenvalue weighted by Crippen LogP contribution is 1.99. The number of nitrogens with zero attached hydrogens (tertiary/aromatic N) is 1. The standard InChI is InChI=1S/C13H15N5O2/c19-12(10-4-2-1-3-5-10)14-6-7-15-13(20)18-11-8-16-17-9-11/h1-5,8-9H,6-7H2,(H,14,19)(H,16,17)(H2,15,18,20). The lowest BCUT2D eigenvalue weighted by atomic mass is 10.2. The van der Waals surface area contributed by atoms with Crippen molar-refractivity contribution in [2.75, 3.05) is 18.4 Å². The fourth-order valence-electron chi connectivity index (χ4n) is 1.54. The number of urea groups is 1. The minimum absolute atomic E-state index is 0.164. The van der Waals surface area contributed by atoms with Gasteiger partial charge in [0.25, 0.3) is 5.91 Å². The van der Waals surface area contributed by atoms with Crippen LogP contribution in [0.15, 0.2) is 42.7 Å². The fraction of sp³-hybridized carbons (Fsp3) is 0.154. The van der Waals surface area contributed by atoms with E-state index in [1.807, 2.05) is 6.07 Å². The van der Waals surface area contributed by atoms with Crippen molar-refractivity contribution in [2.45, 2.75) is 0 Å². The first kappa shape index (κ1) is 13.6. The molecule has 0 atom stereocenters. The number of amides is 3. The van der Waals surface area contributed by atoms with Gasteiger partial charge in [0.05, 0.1) is 11.9 Å². The van der Waals surface area contributed by atoms with Crippen LogP contribution in [-0.4, -0.2) is 35.2 Å². The van der Waals surface area contributed by atoms with Crippen LogP contribution in [0, 0.1) is 0 Å². The minimum Gasteiger partial charge on any atom is -0.350 e. The molecule has 0 spiro atoms. The van der Waals surface area contributed by atoms with Crippen molar-refractivity contribution in [1.82, 2.24) is 20.8 Å². The first-order chi connectivity index (χ1) is 9.75. The van der Waals surface area contributed by atoms with E-state index in [0.29, 0.717) is 24.3 Å². The summed E-state index contributed by atoms with van der Waals surface area (Å²) in [6, 6.07) is 8.55. The van der Waals surface area contributed by atoms with E-state index in [-0.39, 0.29) is 11.9 Å². The van der Waals surface area contributed by atoms with E-state index in [0.717, 1.165) is 0 Å². The topological polar surface area (TPSA) is 98.9 Å². The van der Waals surface area contributed by atoms with Gasteiger partial charge in [0, 0.05) is 24.8 Å². The van der Waals surface area contributed by atoms with Gasteiger partial charge in [0.2, 0.25) is 0 Å². The molecule has 0 saturated heterocycles. The Morgan fingerprint density at radius 3 is 2.55 bits per heavy atom. The van der Waals surface area contributed by atoms with Gasteiger partial charge >= 0.3 is 6.03 Å². The molecule has 0 bridgehead atoms. The van der Waals surface area contributed by atoms with Crippen molar-refractivity contribution in [3.8, 4) is 0 Å². The molecular weight excluding hydrogens is 258 g/mol. The van der Waals surface area contributed by atoms with Crippen molar-refractivity contribution in [3.63, 3.8) is 0 Å². The molecule has 104 valence electrons. The molecule has 7 nitrogen and oxygen atoms in total. The second kappa shape index (κ2) is 6.93. The molecule has 0 saturated carbocycles. The summed E-state index contributed by atoms with van der Waals surface area (Å²) in [5, 5.41) is 14.2. The van der Waals surface area contributed by atoms with Gasteiger partial charge in [0.1, 0.15) is 0 Å². The van der Waals surface area contributed by atoms with E-state index >= 15 is 0 Å². The van der Waals surface area contributed by atoms with Crippen LogP contribution in [0.25, 0.3) is 0 Å². The smallest absolute Gasteiger partial charge is 0.319 e. The highest BCUT2D eigenvalue weighted by molar-refractivity contribution is 5.94. The van der Waals surface area contributed by atoms with Crippen LogP contribution >= 0.6 is 0 Å². The van der Waals surface area contributed by atoms with Crippen LogP contribution in [0.3, 0.4) is 0 Å². The molecule has 2 aromatic rings. The Morgan fingerprint density at radius 2 is 1.85 bits per heavy atom. The summed E-state index contributed by atoms with van der Waals surface area (Å²) in [5.74, 6) is -0.164. The number of hydrogen-bond donors (Lipinski definition) is 4. The average molecular weight is 273 g/mol. The zero-order valence-electron chi connectivity index (χ0n) is 10.7. The number of H-pyrrole nitrogens is 1. The molecule has 7 heteroatoms. The number of anilines is 1. The first-order valence-corrected chi connectivity index (χ1v) is 6.12. The SMILES string of the molecule is O=C(NCCNC(=O)c1ccccc1)Nc1cn[nH]c1. The van der Waals surface area contributed by atoms with Crippen LogP contribution in [0.1, 0.15) is 10.4 Å². The van der Waals surface area contributed by atoms with Gasteiger partial charge in [-0.2, -0.15) is 5.10 Å². The minimum atomic E-state index is -0.347. The number of carbonyl (C=O) groups excluding carboxylic acids is 2. The van der Waals surface area contributed by atoms with E-state index in [1.165, 1.54) is 6.20 Å². The van der Waals surface area contributed by atoms with Crippen molar-refractivity contribution >= 4 is 17.6 Å². The van der Waals surface area contributed by atoms with E-state index in [2.05, 4.69) is 26.1 Å². The molecule has 3 amide bonds. The number of hydrogen-bond acceptors (Lipinski definition) is 3. The van der Waals surface area contributed by atoms with Crippen molar-refractivity contribution in [3.05, 3.63) is 48.3 Å². The molecule has 2 rings (SSSR count). The summed E-state index contributed by atoms with van der Waals surface area (Å²) in [6.07, 6.45) is 3.06. The predicted octanol–water partition coefficient (Wildman–Crippen LogP) is 0.961. The third kappa shape index (κ3) is 4.13. The van der Waals surface area contributed by atoms with Crippen molar-refractivity contribution in [1.29, 1.82) is 0 Å². The van der Waals surface area contributed by atoms with Gasteiger partial charge in [-0.3, -0.25) is 9.89 Å². The molecule has 4 N–H and O–H groups in total. The maximum atomic E-state index is 11.7. The summed E-state index contributed by atoms with van der Waals surface area (Å²) >= 11 is 0. The van der Waals surface area contributed by atoms with Crippen LogP contribution in [-0.2, 0) is 0 Å². The fourth-order valence-corrected chi connectivity index (χ4v) is 1.54. The zero-order valence-corrected chi connectivity index (χ0v) is 10.7. The van der Waals surface area contributed by atoms with Crippen LogP contribution in [0.2, 0.25) is 0 Å². The van der Waals surface area contributed by atoms with Crippen molar-refractivity contribution < 1.29 is 9.59 Å². The Balaban J connectivity index is 1.64. The lowest BCUT2D eigenvalue weighted by Crippen LogP contribution is -2.36. The van der Waals surface area contributed by atoms with Crippen LogP contribution in [0.4, 0.5) is 10.5 Å². The molecule has 0 radical (unpaired) electrons. The third-order valence-electron chi connectivity index (χ3n) is 2.49. The summed E-state index contributed by atoms with van der Waals surface area (Å²) in [6.45, 7) is 0.689. The number of nitrogens with one attached hydrogen (secondary N) is 4. The third-order valence-corrected chi connectivity index (χ3v) is 2.49. The van der Waals surface area contributed by atoms with Crippen molar-refractivity contribution in [2.24, 2.45) is 0 Å². The van der Waals surface area contributed by atoms with Gasteiger partial charge in [-0.05, 0) is 12.1 Å². The van der Waals surface area contributed by atoms with E-state index in [9.17, 15) is 9.59 Å². The predicted molar refractivity (Wildman–Crippen MR) is 74.4 cm³/mol. The van der Waals surface area contributed by atoms with E-state index in [1.54, 1.807) is 30.5 Å². The molecule has 1 aromatic carbocycles. The number of aromatic amines is 1. The molecule has 20 heavy (non-hydrogen) atoms.